The number of alkyl halides is 3. The van der Waals surface area contributed by atoms with Gasteiger partial charge in [0.1, 0.15) is 6.61 Å². The van der Waals surface area contributed by atoms with Crippen LogP contribution in [-0.4, -0.2) is 73.4 Å². The van der Waals surface area contributed by atoms with E-state index in [4.69, 9.17) is 4.74 Å². The van der Waals surface area contributed by atoms with Crippen LogP contribution in [0.1, 0.15) is 6.42 Å². The maximum Gasteiger partial charge on any atom is 0.261 e. The van der Waals surface area contributed by atoms with Crippen LogP contribution < -0.4 is 0 Å². The molecule has 18 heavy (non-hydrogen) atoms. The molecule has 106 valence electrons. The SMILES string of the molecule is O=C(CCOCC(F)F)N1CCN(CCBr)CC1. The lowest BCUT2D eigenvalue weighted by Crippen LogP contribution is -2.49. The van der Waals surface area contributed by atoms with Crippen molar-refractivity contribution in [3.05, 3.63) is 0 Å². The van der Waals surface area contributed by atoms with Crippen LogP contribution in [0.15, 0.2) is 0 Å². The second-order valence-corrected chi connectivity index (χ2v) is 4.92. The van der Waals surface area contributed by atoms with Gasteiger partial charge in [-0.2, -0.15) is 0 Å². The van der Waals surface area contributed by atoms with Gasteiger partial charge in [-0.1, -0.05) is 15.9 Å². The molecular weight excluding hydrogens is 310 g/mol. The van der Waals surface area contributed by atoms with Crippen LogP contribution >= 0.6 is 15.9 Å². The maximum atomic E-state index is 11.8. The van der Waals surface area contributed by atoms with Crippen molar-refractivity contribution in [1.29, 1.82) is 0 Å². The van der Waals surface area contributed by atoms with E-state index in [1.54, 1.807) is 4.90 Å². The highest BCUT2D eigenvalue weighted by atomic mass is 79.9. The van der Waals surface area contributed by atoms with E-state index in [2.05, 4.69) is 20.8 Å². The molecule has 0 N–H and O–H groups in total. The zero-order valence-electron chi connectivity index (χ0n) is 10.3. The number of carbonyl (C=O) groups excluding carboxylic acids is 1. The minimum Gasteiger partial charge on any atom is -0.375 e. The number of rotatable bonds is 7. The molecule has 0 aliphatic carbocycles. The first-order chi connectivity index (χ1) is 8.63. The molecule has 0 saturated carbocycles. The van der Waals surface area contributed by atoms with Crippen molar-refractivity contribution in [2.24, 2.45) is 0 Å². The predicted molar refractivity (Wildman–Crippen MR) is 68.3 cm³/mol. The normalized spacial score (nSPS) is 17.4. The van der Waals surface area contributed by atoms with E-state index in [-0.39, 0.29) is 18.9 Å². The molecule has 0 aromatic heterocycles. The van der Waals surface area contributed by atoms with Crippen molar-refractivity contribution in [2.75, 3.05) is 51.3 Å². The number of piperazine rings is 1. The maximum absolute atomic E-state index is 11.8. The molecule has 1 amide bonds. The summed E-state index contributed by atoms with van der Waals surface area (Å²) >= 11 is 3.38. The Bertz CT molecular complexity index is 249. The molecule has 1 fully saturated rings. The Hall–Kier alpha value is -0.270. The molecule has 7 heteroatoms. The molecule has 1 aliphatic heterocycles. The number of hydrogen-bond donors (Lipinski definition) is 0. The molecule has 0 unspecified atom stereocenters. The van der Waals surface area contributed by atoms with Crippen LogP contribution in [0.3, 0.4) is 0 Å². The number of nitrogens with zero attached hydrogens (tertiary/aromatic N) is 2. The first-order valence-corrected chi connectivity index (χ1v) is 7.17. The van der Waals surface area contributed by atoms with Gasteiger partial charge in [0.15, 0.2) is 0 Å². The summed E-state index contributed by atoms with van der Waals surface area (Å²) in [6.07, 6.45) is -2.28. The number of ether oxygens (including phenoxy) is 1. The first-order valence-electron chi connectivity index (χ1n) is 6.05. The first kappa shape index (κ1) is 15.8. The standard InChI is InChI=1S/C11H19BrF2N2O2/c12-2-3-15-4-6-16(7-5-15)11(17)1-8-18-9-10(13)14/h10H,1-9H2. The molecule has 0 aromatic carbocycles. The largest absolute Gasteiger partial charge is 0.375 e. The summed E-state index contributed by atoms with van der Waals surface area (Å²) in [5.74, 6) is -0.0113. The average molecular weight is 329 g/mol. The van der Waals surface area contributed by atoms with E-state index in [1.165, 1.54) is 0 Å². The fourth-order valence-corrected chi connectivity index (χ4v) is 2.33. The Balaban J connectivity index is 2.12. The van der Waals surface area contributed by atoms with Crippen molar-refractivity contribution >= 4 is 21.8 Å². The highest BCUT2D eigenvalue weighted by Crippen LogP contribution is 2.04. The minimum atomic E-state index is -2.46. The van der Waals surface area contributed by atoms with Gasteiger partial charge in [0.25, 0.3) is 6.43 Å². The molecule has 0 bridgehead atoms. The molecule has 1 heterocycles. The van der Waals surface area contributed by atoms with Gasteiger partial charge in [0, 0.05) is 38.1 Å². The molecule has 1 aliphatic rings. The van der Waals surface area contributed by atoms with Gasteiger partial charge >= 0.3 is 0 Å². The van der Waals surface area contributed by atoms with Gasteiger partial charge in [-0.05, 0) is 0 Å². The molecule has 0 aromatic rings. The fraction of sp³-hybridized carbons (Fsp3) is 0.909. The quantitative estimate of drug-likeness (QED) is 0.520. The Labute approximate surface area is 114 Å². The molecular formula is C11H19BrF2N2O2. The smallest absolute Gasteiger partial charge is 0.261 e. The van der Waals surface area contributed by atoms with Crippen molar-refractivity contribution < 1.29 is 18.3 Å². The average Bonchev–Trinajstić information content (AvgIpc) is 2.35. The summed E-state index contributed by atoms with van der Waals surface area (Å²) < 4.78 is 28.3. The Morgan fingerprint density at radius 2 is 1.94 bits per heavy atom. The summed E-state index contributed by atoms with van der Waals surface area (Å²) in [6.45, 7) is 3.63. The third kappa shape index (κ3) is 6.06. The van der Waals surface area contributed by atoms with Crippen LogP contribution in [0.25, 0.3) is 0 Å². The highest BCUT2D eigenvalue weighted by Gasteiger charge is 2.20. The van der Waals surface area contributed by atoms with Crippen LogP contribution in [0, 0.1) is 0 Å². The van der Waals surface area contributed by atoms with Gasteiger partial charge in [-0.3, -0.25) is 9.69 Å². The molecule has 0 radical (unpaired) electrons. The summed E-state index contributed by atoms with van der Waals surface area (Å²) in [4.78, 5) is 15.8. The monoisotopic (exact) mass is 328 g/mol. The van der Waals surface area contributed by atoms with Gasteiger partial charge in [0.2, 0.25) is 5.91 Å². The Morgan fingerprint density at radius 3 is 2.50 bits per heavy atom. The molecule has 1 rings (SSSR count). The highest BCUT2D eigenvalue weighted by molar-refractivity contribution is 9.09. The summed E-state index contributed by atoms with van der Waals surface area (Å²) in [5, 5.41) is 0.933. The third-order valence-corrected chi connectivity index (χ3v) is 3.18. The Morgan fingerprint density at radius 1 is 1.28 bits per heavy atom. The number of amides is 1. The second kappa shape index (κ2) is 8.77. The number of carbonyl (C=O) groups is 1. The summed E-state index contributed by atoms with van der Waals surface area (Å²) in [6, 6.07) is 0. The lowest BCUT2D eigenvalue weighted by molar-refractivity contribution is -0.134. The van der Waals surface area contributed by atoms with E-state index in [0.717, 1.165) is 25.0 Å². The van der Waals surface area contributed by atoms with Crippen LogP contribution in [0.5, 0.6) is 0 Å². The number of halogens is 3. The van der Waals surface area contributed by atoms with Crippen LogP contribution in [0.4, 0.5) is 8.78 Å². The fourth-order valence-electron chi connectivity index (χ4n) is 1.83. The summed E-state index contributed by atoms with van der Waals surface area (Å²) in [7, 11) is 0. The minimum absolute atomic E-state index is 0.0113. The van der Waals surface area contributed by atoms with Gasteiger partial charge in [-0.15, -0.1) is 0 Å². The van der Waals surface area contributed by atoms with Gasteiger partial charge in [-0.25, -0.2) is 8.78 Å². The summed E-state index contributed by atoms with van der Waals surface area (Å²) in [5.41, 5.74) is 0. The zero-order chi connectivity index (χ0) is 13.4. The third-order valence-electron chi connectivity index (χ3n) is 2.83. The molecule has 0 spiro atoms. The lowest BCUT2D eigenvalue weighted by atomic mass is 10.3. The second-order valence-electron chi connectivity index (χ2n) is 4.13. The topological polar surface area (TPSA) is 32.8 Å². The van der Waals surface area contributed by atoms with Gasteiger partial charge < -0.3 is 9.64 Å². The molecule has 4 nitrogen and oxygen atoms in total. The molecule has 0 atom stereocenters. The van der Waals surface area contributed by atoms with Crippen molar-refractivity contribution in [3.8, 4) is 0 Å². The van der Waals surface area contributed by atoms with Crippen LogP contribution in [-0.2, 0) is 9.53 Å². The van der Waals surface area contributed by atoms with E-state index in [9.17, 15) is 13.6 Å². The zero-order valence-corrected chi connectivity index (χ0v) is 11.9. The predicted octanol–water partition coefficient (Wildman–Crippen LogP) is 1.20. The van der Waals surface area contributed by atoms with E-state index in [0.29, 0.717) is 13.1 Å². The van der Waals surface area contributed by atoms with Gasteiger partial charge in [0.05, 0.1) is 13.0 Å². The van der Waals surface area contributed by atoms with Crippen molar-refractivity contribution in [1.82, 2.24) is 9.80 Å². The Kier molecular flexibility index (Phi) is 7.69. The molecule has 1 saturated heterocycles. The van der Waals surface area contributed by atoms with E-state index < -0.39 is 13.0 Å². The van der Waals surface area contributed by atoms with Crippen molar-refractivity contribution in [3.63, 3.8) is 0 Å². The van der Waals surface area contributed by atoms with Crippen molar-refractivity contribution in [2.45, 2.75) is 12.8 Å². The lowest BCUT2D eigenvalue weighted by Gasteiger charge is -2.34. The van der Waals surface area contributed by atoms with Crippen LogP contribution in [0.2, 0.25) is 0 Å². The van der Waals surface area contributed by atoms with E-state index >= 15 is 0 Å². The van der Waals surface area contributed by atoms with E-state index in [1.807, 2.05) is 0 Å². The number of hydrogen-bond acceptors (Lipinski definition) is 3.